The Bertz CT molecular complexity index is 947. The third-order valence-corrected chi connectivity index (χ3v) is 4.21. The van der Waals surface area contributed by atoms with E-state index in [1.165, 1.54) is 11.1 Å². The Morgan fingerprint density at radius 2 is 1.81 bits per heavy atom. The van der Waals surface area contributed by atoms with Crippen LogP contribution in [0.5, 0.6) is 0 Å². The zero-order valence-corrected chi connectivity index (χ0v) is 15.7. The number of hydrogen-bond donors (Lipinski definition) is 1. The van der Waals surface area contributed by atoms with E-state index in [1.54, 1.807) is 12.1 Å². The summed E-state index contributed by atoms with van der Waals surface area (Å²) in [5.74, 6) is -0.283. The van der Waals surface area contributed by atoms with E-state index in [1.807, 2.05) is 32.0 Å². The summed E-state index contributed by atoms with van der Waals surface area (Å²) >= 11 is 0. The molecular formula is C22H24N2O2. The number of carbonyl (C=O) groups is 1. The topological polar surface area (TPSA) is 51.2 Å². The molecule has 0 saturated carbocycles. The van der Waals surface area contributed by atoms with Crippen molar-refractivity contribution in [1.29, 1.82) is 0 Å². The summed E-state index contributed by atoms with van der Waals surface area (Å²) in [7, 11) is 0. The lowest BCUT2D eigenvalue weighted by atomic mass is 10.0. The van der Waals surface area contributed by atoms with Crippen molar-refractivity contribution >= 4 is 28.2 Å². The second kappa shape index (κ2) is 7.56. The van der Waals surface area contributed by atoms with E-state index in [0.29, 0.717) is 12.2 Å². The second-order valence-electron chi connectivity index (χ2n) is 6.63. The van der Waals surface area contributed by atoms with E-state index in [2.05, 4.69) is 36.3 Å². The van der Waals surface area contributed by atoms with Crippen LogP contribution in [0.1, 0.15) is 40.5 Å². The Kier molecular flexibility index (Phi) is 5.21. The van der Waals surface area contributed by atoms with E-state index in [0.717, 1.165) is 34.4 Å². The highest BCUT2D eigenvalue weighted by Crippen LogP contribution is 2.29. The number of anilines is 2. The van der Waals surface area contributed by atoms with Crippen LogP contribution in [0.25, 0.3) is 10.9 Å². The Hall–Kier alpha value is -2.88. The molecule has 0 amide bonds. The minimum Gasteiger partial charge on any atom is -0.462 e. The molecule has 2 aromatic carbocycles. The van der Waals surface area contributed by atoms with Gasteiger partial charge < -0.3 is 10.1 Å². The maximum atomic E-state index is 11.9. The molecule has 4 heteroatoms. The summed E-state index contributed by atoms with van der Waals surface area (Å²) in [6.45, 7) is 8.59. The number of nitrogens with one attached hydrogen (secondary N) is 1. The summed E-state index contributed by atoms with van der Waals surface area (Å²) in [6.07, 6.45) is 0.818. The molecule has 0 atom stereocenters. The Morgan fingerprint density at radius 3 is 2.50 bits per heavy atom. The molecule has 0 aliphatic carbocycles. The summed E-state index contributed by atoms with van der Waals surface area (Å²) in [4.78, 5) is 16.6. The maximum absolute atomic E-state index is 11.9. The average Bonchev–Trinajstić information content (AvgIpc) is 2.61. The van der Waals surface area contributed by atoms with Gasteiger partial charge in [-0.05, 0) is 69.2 Å². The fourth-order valence-corrected chi connectivity index (χ4v) is 3.04. The average molecular weight is 348 g/mol. The quantitative estimate of drug-likeness (QED) is 0.621. The predicted molar refractivity (Wildman–Crippen MR) is 106 cm³/mol. The monoisotopic (exact) mass is 348 g/mol. The van der Waals surface area contributed by atoms with Gasteiger partial charge in [0.15, 0.2) is 0 Å². The highest BCUT2D eigenvalue weighted by Gasteiger charge is 2.09. The van der Waals surface area contributed by atoms with Crippen LogP contribution in [-0.2, 0) is 4.74 Å². The molecule has 1 aromatic heterocycles. The number of aromatic nitrogens is 1. The first kappa shape index (κ1) is 17.9. The standard InChI is InChI=1S/C22H24N2O2/c1-5-10-26-22(25)17-6-8-18(9-7-17)24-20-13-16(4)23-21-15(3)11-14(2)12-19(20)21/h6-9,11-13H,5,10H2,1-4H3,(H,23,24). The molecule has 0 fully saturated rings. The van der Waals surface area contributed by atoms with E-state index < -0.39 is 0 Å². The number of fused-ring (bicyclic) bond motifs is 1. The van der Waals surface area contributed by atoms with Crippen LogP contribution in [-0.4, -0.2) is 17.6 Å². The minimum absolute atomic E-state index is 0.283. The van der Waals surface area contributed by atoms with Crippen LogP contribution in [0.4, 0.5) is 11.4 Å². The molecule has 3 rings (SSSR count). The molecule has 3 aromatic rings. The molecular weight excluding hydrogens is 324 g/mol. The van der Waals surface area contributed by atoms with Crippen molar-refractivity contribution in [3.8, 4) is 0 Å². The summed E-state index contributed by atoms with van der Waals surface area (Å²) in [5.41, 5.74) is 6.85. The van der Waals surface area contributed by atoms with Crippen molar-refractivity contribution in [2.75, 3.05) is 11.9 Å². The van der Waals surface area contributed by atoms with Gasteiger partial charge in [0.1, 0.15) is 0 Å². The largest absolute Gasteiger partial charge is 0.462 e. The van der Waals surface area contributed by atoms with Gasteiger partial charge in [0.05, 0.1) is 17.7 Å². The fraction of sp³-hybridized carbons (Fsp3) is 0.273. The molecule has 0 aliphatic rings. The van der Waals surface area contributed by atoms with E-state index >= 15 is 0 Å². The van der Waals surface area contributed by atoms with E-state index in [9.17, 15) is 4.79 Å². The highest BCUT2D eigenvalue weighted by atomic mass is 16.5. The number of nitrogens with zero attached hydrogens (tertiary/aromatic N) is 1. The van der Waals surface area contributed by atoms with Gasteiger partial charge in [-0.3, -0.25) is 4.98 Å². The third kappa shape index (κ3) is 3.85. The number of pyridine rings is 1. The number of aryl methyl sites for hydroxylation is 3. The van der Waals surface area contributed by atoms with E-state index in [-0.39, 0.29) is 5.97 Å². The predicted octanol–water partition coefficient (Wildman–Crippen LogP) is 5.47. The van der Waals surface area contributed by atoms with Gasteiger partial charge in [0.25, 0.3) is 0 Å². The van der Waals surface area contributed by atoms with Crippen LogP contribution in [0.2, 0.25) is 0 Å². The van der Waals surface area contributed by atoms with Gasteiger partial charge in [-0.25, -0.2) is 4.79 Å². The van der Waals surface area contributed by atoms with Gasteiger partial charge in [0.2, 0.25) is 0 Å². The van der Waals surface area contributed by atoms with Crippen LogP contribution in [0.3, 0.4) is 0 Å². The van der Waals surface area contributed by atoms with Crippen molar-refractivity contribution < 1.29 is 9.53 Å². The second-order valence-corrected chi connectivity index (χ2v) is 6.63. The van der Waals surface area contributed by atoms with Crippen molar-refractivity contribution in [3.05, 3.63) is 64.8 Å². The molecule has 0 spiro atoms. The van der Waals surface area contributed by atoms with Gasteiger partial charge in [-0.1, -0.05) is 18.6 Å². The van der Waals surface area contributed by atoms with Crippen LogP contribution in [0.15, 0.2) is 42.5 Å². The molecule has 1 heterocycles. The van der Waals surface area contributed by atoms with E-state index in [4.69, 9.17) is 4.74 Å². The summed E-state index contributed by atoms with van der Waals surface area (Å²) in [5, 5.41) is 4.56. The Balaban J connectivity index is 1.90. The van der Waals surface area contributed by atoms with Gasteiger partial charge in [-0.2, -0.15) is 0 Å². The molecule has 134 valence electrons. The van der Waals surface area contributed by atoms with Crippen molar-refractivity contribution in [3.63, 3.8) is 0 Å². The lowest BCUT2D eigenvalue weighted by Gasteiger charge is -2.13. The number of rotatable bonds is 5. The SMILES string of the molecule is CCCOC(=O)c1ccc(Nc2cc(C)nc3c(C)cc(C)cc23)cc1. The van der Waals surface area contributed by atoms with Crippen LogP contribution >= 0.6 is 0 Å². The number of esters is 1. The van der Waals surface area contributed by atoms with Crippen molar-refractivity contribution in [2.24, 2.45) is 0 Å². The smallest absolute Gasteiger partial charge is 0.338 e. The minimum atomic E-state index is -0.283. The first-order valence-electron chi connectivity index (χ1n) is 8.90. The first-order valence-corrected chi connectivity index (χ1v) is 8.90. The first-order chi connectivity index (χ1) is 12.5. The summed E-state index contributed by atoms with van der Waals surface area (Å²) < 4.78 is 5.17. The molecule has 1 N–H and O–H groups in total. The maximum Gasteiger partial charge on any atom is 0.338 e. The van der Waals surface area contributed by atoms with Crippen LogP contribution in [0, 0.1) is 20.8 Å². The number of hydrogen-bond acceptors (Lipinski definition) is 4. The van der Waals surface area contributed by atoms with Gasteiger partial charge in [-0.15, -0.1) is 0 Å². The molecule has 0 saturated heterocycles. The molecule has 0 bridgehead atoms. The molecule has 0 unspecified atom stereocenters. The lowest BCUT2D eigenvalue weighted by Crippen LogP contribution is -2.05. The Morgan fingerprint density at radius 1 is 1.08 bits per heavy atom. The zero-order chi connectivity index (χ0) is 18.7. The number of carbonyl (C=O) groups excluding carboxylic acids is 1. The van der Waals surface area contributed by atoms with Crippen molar-refractivity contribution in [1.82, 2.24) is 4.98 Å². The molecule has 26 heavy (non-hydrogen) atoms. The van der Waals surface area contributed by atoms with Gasteiger partial charge in [0, 0.05) is 22.5 Å². The third-order valence-electron chi connectivity index (χ3n) is 4.21. The van der Waals surface area contributed by atoms with Crippen molar-refractivity contribution in [2.45, 2.75) is 34.1 Å². The van der Waals surface area contributed by atoms with Crippen LogP contribution < -0.4 is 5.32 Å². The lowest BCUT2D eigenvalue weighted by molar-refractivity contribution is 0.0505. The summed E-state index contributed by atoms with van der Waals surface area (Å²) in [6, 6.07) is 13.7. The highest BCUT2D eigenvalue weighted by molar-refractivity contribution is 5.96. The van der Waals surface area contributed by atoms with Gasteiger partial charge >= 0.3 is 5.97 Å². The molecule has 4 nitrogen and oxygen atoms in total. The normalized spacial score (nSPS) is 10.8. The zero-order valence-electron chi connectivity index (χ0n) is 15.7. The Labute approximate surface area is 154 Å². The number of benzene rings is 2. The fourth-order valence-electron chi connectivity index (χ4n) is 3.04. The molecule has 0 radical (unpaired) electrons. The molecule has 0 aliphatic heterocycles. The number of ether oxygens (including phenoxy) is 1.